The van der Waals surface area contributed by atoms with Crippen molar-refractivity contribution in [1.29, 1.82) is 0 Å². The summed E-state index contributed by atoms with van der Waals surface area (Å²) in [6.07, 6.45) is 0. The van der Waals surface area contributed by atoms with E-state index < -0.39 is 10.2 Å². The molecule has 1 aromatic rings. The SMILES string of the molecule is CC(C)NS(=O)(=O)Nc1cc(Cl)ccc1N. The molecule has 0 unspecified atom stereocenters. The highest BCUT2D eigenvalue weighted by atomic mass is 35.5. The first kappa shape index (κ1) is 13.1. The van der Waals surface area contributed by atoms with Crippen molar-refractivity contribution in [2.45, 2.75) is 19.9 Å². The first-order valence-electron chi connectivity index (χ1n) is 4.65. The maximum atomic E-state index is 11.6. The normalized spacial score (nSPS) is 11.8. The number of hydrogen-bond acceptors (Lipinski definition) is 3. The number of benzene rings is 1. The zero-order valence-electron chi connectivity index (χ0n) is 8.99. The lowest BCUT2D eigenvalue weighted by Crippen LogP contribution is -2.35. The minimum absolute atomic E-state index is 0.196. The largest absolute Gasteiger partial charge is 0.397 e. The van der Waals surface area contributed by atoms with Crippen LogP contribution in [0, 0.1) is 0 Å². The molecule has 1 rings (SSSR count). The van der Waals surface area contributed by atoms with Crippen molar-refractivity contribution in [3.8, 4) is 0 Å². The highest BCUT2D eigenvalue weighted by molar-refractivity contribution is 7.90. The van der Waals surface area contributed by atoms with E-state index in [0.29, 0.717) is 10.7 Å². The molecule has 0 amide bonds. The topological polar surface area (TPSA) is 84.2 Å². The Bertz CT molecular complexity index is 474. The van der Waals surface area contributed by atoms with Gasteiger partial charge >= 0.3 is 0 Å². The van der Waals surface area contributed by atoms with E-state index in [0.717, 1.165) is 0 Å². The third kappa shape index (κ3) is 3.88. The number of anilines is 2. The van der Waals surface area contributed by atoms with Crippen LogP contribution in [0.2, 0.25) is 5.02 Å². The van der Waals surface area contributed by atoms with Crippen LogP contribution in [-0.4, -0.2) is 14.5 Å². The van der Waals surface area contributed by atoms with Gasteiger partial charge in [0.25, 0.3) is 10.2 Å². The second-order valence-corrected chi connectivity index (χ2v) is 5.49. The van der Waals surface area contributed by atoms with Crippen LogP contribution in [0.5, 0.6) is 0 Å². The molecule has 16 heavy (non-hydrogen) atoms. The average molecular weight is 264 g/mol. The summed E-state index contributed by atoms with van der Waals surface area (Å²) in [5.41, 5.74) is 6.20. The Hall–Kier alpha value is -0.980. The zero-order chi connectivity index (χ0) is 12.3. The quantitative estimate of drug-likeness (QED) is 0.721. The molecule has 0 saturated carbocycles. The van der Waals surface area contributed by atoms with Gasteiger partial charge in [-0.15, -0.1) is 0 Å². The second-order valence-electron chi connectivity index (χ2n) is 3.61. The van der Waals surface area contributed by atoms with E-state index in [1.165, 1.54) is 12.1 Å². The second kappa shape index (κ2) is 4.90. The average Bonchev–Trinajstić information content (AvgIpc) is 2.08. The van der Waals surface area contributed by atoms with Gasteiger partial charge in [0.05, 0.1) is 11.4 Å². The van der Waals surface area contributed by atoms with Crippen LogP contribution in [0.3, 0.4) is 0 Å². The lowest BCUT2D eigenvalue weighted by molar-refractivity contribution is 0.575. The molecule has 0 aliphatic heterocycles. The van der Waals surface area contributed by atoms with E-state index in [4.69, 9.17) is 17.3 Å². The fourth-order valence-electron chi connectivity index (χ4n) is 1.10. The maximum absolute atomic E-state index is 11.6. The molecular formula is C9H14ClN3O2S. The number of nitrogens with one attached hydrogen (secondary N) is 2. The van der Waals surface area contributed by atoms with Crippen molar-refractivity contribution in [3.05, 3.63) is 23.2 Å². The lowest BCUT2D eigenvalue weighted by Gasteiger charge is -2.13. The number of rotatable bonds is 4. The van der Waals surface area contributed by atoms with Crippen LogP contribution in [-0.2, 0) is 10.2 Å². The summed E-state index contributed by atoms with van der Waals surface area (Å²) in [4.78, 5) is 0. The van der Waals surface area contributed by atoms with Gasteiger partial charge in [0, 0.05) is 11.1 Å². The molecule has 0 atom stereocenters. The monoisotopic (exact) mass is 263 g/mol. The standard InChI is InChI=1S/C9H14ClN3O2S/c1-6(2)12-16(14,15)13-9-5-7(10)3-4-8(9)11/h3-6,12-13H,11H2,1-2H3. The third-order valence-corrected chi connectivity index (χ3v) is 3.16. The van der Waals surface area contributed by atoms with Crippen LogP contribution in [0.4, 0.5) is 11.4 Å². The van der Waals surface area contributed by atoms with Gasteiger partial charge in [-0.3, -0.25) is 4.72 Å². The van der Waals surface area contributed by atoms with E-state index in [-0.39, 0.29) is 11.7 Å². The highest BCUT2D eigenvalue weighted by Crippen LogP contribution is 2.23. The molecule has 4 N–H and O–H groups in total. The summed E-state index contributed by atoms with van der Waals surface area (Å²) < 4.78 is 27.8. The number of halogens is 1. The van der Waals surface area contributed by atoms with Crippen molar-refractivity contribution in [2.75, 3.05) is 10.5 Å². The Morgan fingerprint density at radius 3 is 2.56 bits per heavy atom. The minimum atomic E-state index is -3.61. The van der Waals surface area contributed by atoms with E-state index in [2.05, 4.69) is 9.44 Å². The Balaban J connectivity index is 2.92. The summed E-state index contributed by atoms with van der Waals surface area (Å²) in [7, 11) is -3.61. The van der Waals surface area contributed by atoms with Crippen LogP contribution in [0.25, 0.3) is 0 Å². The predicted molar refractivity (Wildman–Crippen MR) is 66.7 cm³/mol. The molecule has 0 radical (unpaired) electrons. The Kier molecular flexibility index (Phi) is 4.01. The molecule has 0 heterocycles. The Labute approximate surface area is 100 Å². The van der Waals surface area contributed by atoms with Crippen LogP contribution >= 0.6 is 11.6 Å². The molecule has 0 bridgehead atoms. The molecule has 0 aliphatic carbocycles. The molecule has 0 aromatic heterocycles. The molecule has 0 saturated heterocycles. The first-order chi connectivity index (χ1) is 7.30. The zero-order valence-corrected chi connectivity index (χ0v) is 10.6. The van der Waals surface area contributed by atoms with Gasteiger partial charge in [-0.2, -0.15) is 13.1 Å². The van der Waals surface area contributed by atoms with E-state index in [1.54, 1.807) is 19.9 Å². The summed E-state index contributed by atoms with van der Waals surface area (Å²) in [5.74, 6) is 0. The highest BCUT2D eigenvalue weighted by Gasteiger charge is 2.13. The van der Waals surface area contributed by atoms with Gasteiger partial charge in [-0.25, -0.2) is 0 Å². The van der Waals surface area contributed by atoms with Gasteiger partial charge in [0.15, 0.2) is 0 Å². The molecule has 0 aliphatic rings. The van der Waals surface area contributed by atoms with E-state index >= 15 is 0 Å². The van der Waals surface area contributed by atoms with Crippen LogP contribution in [0.15, 0.2) is 18.2 Å². The Morgan fingerprint density at radius 1 is 1.38 bits per heavy atom. The molecule has 0 fully saturated rings. The Morgan fingerprint density at radius 2 is 2.00 bits per heavy atom. The number of nitrogens with two attached hydrogens (primary N) is 1. The van der Waals surface area contributed by atoms with Crippen molar-refractivity contribution < 1.29 is 8.42 Å². The molecular weight excluding hydrogens is 250 g/mol. The fourth-order valence-corrected chi connectivity index (χ4v) is 2.42. The van der Waals surface area contributed by atoms with Crippen molar-refractivity contribution in [2.24, 2.45) is 0 Å². The maximum Gasteiger partial charge on any atom is 0.299 e. The number of nitrogen functional groups attached to an aromatic ring is 1. The van der Waals surface area contributed by atoms with Gasteiger partial charge in [-0.1, -0.05) is 11.6 Å². The van der Waals surface area contributed by atoms with Crippen molar-refractivity contribution in [1.82, 2.24) is 4.72 Å². The van der Waals surface area contributed by atoms with Gasteiger partial charge in [0.1, 0.15) is 0 Å². The summed E-state index contributed by atoms with van der Waals surface area (Å²) in [6.45, 7) is 3.45. The van der Waals surface area contributed by atoms with Crippen LogP contribution in [0.1, 0.15) is 13.8 Å². The molecule has 0 spiro atoms. The van der Waals surface area contributed by atoms with Crippen molar-refractivity contribution in [3.63, 3.8) is 0 Å². The first-order valence-corrected chi connectivity index (χ1v) is 6.51. The minimum Gasteiger partial charge on any atom is -0.397 e. The summed E-state index contributed by atoms with van der Waals surface area (Å²) >= 11 is 5.74. The summed E-state index contributed by atoms with van der Waals surface area (Å²) in [6, 6.07) is 4.38. The third-order valence-electron chi connectivity index (χ3n) is 1.65. The van der Waals surface area contributed by atoms with Gasteiger partial charge in [0.2, 0.25) is 0 Å². The molecule has 90 valence electrons. The number of hydrogen-bond donors (Lipinski definition) is 3. The fraction of sp³-hybridized carbons (Fsp3) is 0.333. The smallest absolute Gasteiger partial charge is 0.299 e. The van der Waals surface area contributed by atoms with Gasteiger partial charge in [-0.05, 0) is 32.0 Å². The van der Waals surface area contributed by atoms with E-state index in [9.17, 15) is 8.42 Å². The van der Waals surface area contributed by atoms with Crippen molar-refractivity contribution >= 4 is 33.2 Å². The van der Waals surface area contributed by atoms with Gasteiger partial charge < -0.3 is 5.73 Å². The molecule has 1 aromatic carbocycles. The summed E-state index contributed by atoms with van der Waals surface area (Å²) in [5, 5.41) is 0.413. The molecule has 5 nitrogen and oxygen atoms in total. The predicted octanol–water partition coefficient (Wildman–Crippen LogP) is 1.58. The lowest BCUT2D eigenvalue weighted by atomic mass is 10.3. The van der Waals surface area contributed by atoms with E-state index in [1.807, 2.05) is 0 Å². The van der Waals surface area contributed by atoms with Crippen LogP contribution < -0.4 is 15.2 Å². The molecule has 7 heteroatoms.